The maximum absolute atomic E-state index is 12.8. The molecule has 0 bridgehead atoms. The first-order valence-electron chi connectivity index (χ1n) is 8.05. The maximum Gasteiger partial charge on any atom is 0.254 e. The predicted molar refractivity (Wildman–Crippen MR) is 85.3 cm³/mol. The molecule has 3 rings (SSSR count). The minimum absolute atomic E-state index is 0.142. The van der Waals surface area contributed by atoms with Gasteiger partial charge in [0.2, 0.25) is 0 Å². The predicted octanol–water partition coefficient (Wildman–Crippen LogP) is 2.28. The van der Waals surface area contributed by atoms with Crippen molar-refractivity contribution in [1.29, 1.82) is 0 Å². The van der Waals surface area contributed by atoms with E-state index in [1.165, 1.54) is 32.4 Å². The van der Waals surface area contributed by atoms with Crippen molar-refractivity contribution in [3.63, 3.8) is 0 Å². The second-order valence-corrected chi connectivity index (χ2v) is 6.31. The van der Waals surface area contributed by atoms with Crippen LogP contribution in [-0.2, 0) is 0 Å². The van der Waals surface area contributed by atoms with Crippen molar-refractivity contribution in [1.82, 2.24) is 9.80 Å². The molecule has 2 aliphatic heterocycles. The van der Waals surface area contributed by atoms with E-state index >= 15 is 0 Å². The average Bonchev–Trinajstić information content (AvgIpc) is 3.04. The van der Waals surface area contributed by atoms with Gasteiger partial charge in [-0.1, -0.05) is 6.07 Å². The van der Waals surface area contributed by atoms with Crippen molar-refractivity contribution < 1.29 is 4.79 Å². The van der Waals surface area contributed by atoms with Crippen molar-refractivity contribution in [3.8, 4) is 0 Å². The fraction of sp³-hybridized carbons (Fsp3) is 0.588. The molecule has 1 aromatic carbocycles. The second-order valence-electron chi connectivity index (χ2n) is 6.31. The summed E-state index contributed by atoms with van der Waals surface area (Å²) in [6, 6.07) is 6.17. The topological polar surface area (TPSA) is 49.6 Å². The number of likely N-dealkylation sites (tertiary alicyclic amines) is 2. The molecule has 1 atom stereocenters. The summed E-state index contributed by atoms with van der Waals surface area (Å²) in [4.78, 5) is 17.4. The summed E-state index contributed by atoms with van der Waals surface area (Å²) < 4.78 is 0. The van der Waals surface area contributed by atoms with E-state index in [1.807, 2.05) is 30.0 Å². The lowest BCUT2D eigenvalue weighted by Crippen LogP contribution is -2.49. The van der Waals surface area contributed by atoms with Crippen LogP contribution in [0.25, 0.3) is 0 Å². The number of hydrogen-bond donors (Lipinski definition) is 1. The molecule has 2 heterocycles. The van der Waals surface area contributed by atoms with Gasteiger partial charge in [0.15, 0.2) is 0 Å². The highest BCUT2D eigenvalue weighted by atomic mass is 16.2. The minimum Gasteiger partial charge on any atom is -0.398 e. The number of amides is 1. The monoisotopic (exact) mass is 287 g/mol. The summed E-state index contributed by atoms with van der Waals surface area (Å²) in [5.74, 6) is 0.142. The van der Waals surface area contributed by atoms with Gasteiger partial charge in [0, 0.05) is 30.4 Å². The molecule has 1 aromatic rings. The summed E-state index contributed by atoms with van der Waals surface area (Å²) in [5, 5.41) is 0. The van der Waals surface area contributed by atoms with Crippen LogP contribution in [0.4, 0.5) is 5.69 Å². The standard InChI is InChI=1S/C17H25N3O/c1-13-15(7-4-8-16(13)18)17(21)20-11-5-6-14(12-20)19-9-2-3-10-19/h4,7-8,14H,2-3,5-6,9-12,18H2,1H3. The van der Waals surface area contributed by atoms with Gasteiger partial charge in [-0.2, -0.15) is 0 Å². The van der Waals surface area contributed by atoms with Crippen molar-refractivity contribution in [3.05, 3.63) is 29.3 Å². The Labute approximate surface area is 126 Å². The molecule has 0 aliphatic carbocycles. The third kappa shape index (κ3) is 2.91. The molecule has 2 aliphatic rings. The van der Waals surface area contributed by atoms with Crippen LogP contribution >= 0.6 is 0 Å². The van der Waals surface area contributed by atoms with Crippen molar-refractivity contribution in [2.45, 2.75) is 38.6 Å². The van der Waals surface area contributed by atoms with Gasteiger partial charge >= 0.3 is 0 Å². The van der Waals surface area contributed by atoms with Crippen molar-refractivity contribution >= 4 is 11.6 Å². The fourth-order valence-corrected chi connectivity index (χ4v) is 3.60. The summed E-state index contributed by atoms with van der Waals surface area (Å²) in [7, 11) is 0. The van der Waals surface area contributed by atoms with Crippen molar-refractivity contribution in [2.75, 3.05) is 31.9 Å². The molecule has 2 saturated heterocycles. The molecule has 0 saturated carbocycles. The normalized spacial score (nSPS) is 23.5. The number of nitrogens with zero attached hydrogens (tertiary/aromatic N) is 2. The highest BCUT2D eigenvalue weighted by Crippen LogP contribution is 2.23. The Bertz CT molecular complexity index is 523. The first-order valence-corrected chi connectivity index (χ1v) is 8.05. The Morgan fingerprint density at radius 3 is 2.71 bits per heavy atom. The van der Waals surface area contributed by atoms with Crippen LogP contribution in [-0.4, -0.2) is 47.9 Å². The van der Waals surface area contributed by atoms with E-state index in [4.69, 9.17) is 5.73 Å². The number of carbonyl (C=O) groups is 1. The number of hydrogen-bond acceptors (Lipinski definition) is 3. The average molecular weight is 287 g/mol. The van der Waals surface area contributed by atoms with E-state index in [0.29, 0.717) is 11.7 Å². The lowest BCUT2D eigenvalue weighted by Gasteiger charge is -2.37. The quantitative estimate of drug-likeness (QED) is 0.849. The number of rotatable bonds is 2. The van der Waals surface area contributed by atoms with Crippen LogP contribution < -0.4 is 5.73 Å². The maximum atomic E-state index is 12.8. The van der Waals surface area contributed by atoms with Gasteiger partial charge in [0.25, 0.3) is 5.91 Å². The highest BCUT2D eigenvalue weighted by molar-refractivity contribution is 5.97. The Kier molecular flexibility index (Phi) is 4.15. The molecule has 0 aromatic heterocycles. The van der Waals surface area contributed by atoms with Gasteiger partial charge < -0.3 is 10.6 Å². The molecular formula is C17H25N3O. The molecule has 1 amide bonds. The Balaban J connectivity index is 1.73. The first-order chi connectivity index (χ1) is 10.2. The third-order valence-electron chi connectivity index (χ3n) is 4.95. The molecule has 4 heteroatoms. The van der Waals surface area contributed by atoms with Gasteiger partial charge in [-0.15, -0.1) is 0 Å². The molecule has 2 fully saturated rings. The van der Waals surface area contributed by atoms with Crippen LogP contribution in [0, 0.1) is 6.92 Å². The van der Waals surface area contributed by atoms with E-state index < -0.39 is 0 Å². The van der Waals surface area contributed by atoms with Crippen molar-refractivity contribution in [2.24, 2.45) is 0 Å². The third-order valence-corrected chi connectivity index (χ3v) is 4.95. The van der Waals surface area contributed by atoms with Gasteiger partial charge in [0.05, 0.1) is 0 Å². The summed E-state index contributed by atoms with van der Waals surface area (Å²) in [5.41, 5.74) is 8.31. The van der Waals surface area contributed by atoms with E-state index in [2.05, 4.69) is 4.90 Å². The lowest BCUT2D eigenvalue weighted by molar-refractivity contribution is 0.0607. The zero-order valence-electron chi connectivity index (χ0n) is 12.8. The first kappa shape index (κ1) is 14.4. The molecule has 0 spiro atoms. The zero-order chi connectivity index (χ0) is 14.8. The number of carbonyl (C=O) groups excluding carboxylic acids is 1. The van der Waals surface area contributed by atoms with Crippen LogP contribution in [0.3, 0.4) is 0 Å². The zero-order valence-corrected chi connectivity index (χ0v) is 12.8. The van der Waals surface area contributed by atoms with E-state index in [9.17, 15) is 4.79 Å². The number of piperidine rings is 1. The van der Waals surface area contributed by atoms with E-state index in [-0.39, 0.29) is 5.91 Å². The highest BCUT2D eigenvalue weighted by Gasteiger charge is 2.30. The smallest absolute Gasteiger partial charge is 0.254 e. The summed E-state index contributed by atoms with van der Waals surface area (Å²) in [6.45, 7) is 6.07. The molecule has 4 nitrogen and oxygen atoms in total. The van der Waals surface area contributed by atoms with E-state index in [1.54, 1.807) is 0 Å². The van der Waals surface area contributed by atoms with Crippen LogP contribution in [0.2, 0.25) is 0 Å². The summed E-state index contributed by atoms with van der Waals surface area (Å²) >= 11 is 0. The van der Waals surface area contributed by atoms with Gasteiger partial charge in [-0.3, -0.25) is 9.69 Å². The Morgan fingerprint density at radius 1 is 1.19 bits per heavy atom. The molecule has 0 radical (unpaired) electrons. The molecule has 21 heavy (non-hydrogen) atoms. The lowest BCUT2D eigenvalue weighted by atomic mass is 10.0. The van der Waals surface area contributed by atoms with E-state index in [0.717, 1.165) is 30.6 Å². The summed E-state index contributed by atoms with van der Waals surface area (Å²) in [6.07, 6.45) is 4.94. The SMILES string of the molecule is Cc1c(N)cccc1C(=O)N1CCCC(N2CCCC2)C1. The second kappa shape index (κ2) is 6.06. The molecular weight excluding hydrogens is 262 g/mol. The van der Waals surface area contributed by atoms with Gasteiger partial charge in [-0.05, 0) is 63.4 Å². The Morgan fingerprint density at radius 2 is 1.95 bits per heavy atom. The Hall–Kier alpha value is -1.55. The number of nitrogen functional groups attached to an aromatic ring is 1. The molecule has 2 N–H and O–H groups in total. The fourth-order valence-electron chi connectivity index (χ4n) is 3.60. The minimum atomic E-state index is 0.142. The van der Waals surface area contributed by atoms with Crippen LogP contribution in [0.5, 0.6) is 0 Å². The van der Waals surface area contributed by atoms with Gasteiger partial charge in [0.1, 0.15) is 0 Å². The van der Waals surface area contributed by atoms with Gasteiger partial charge in [-0.25, -0.2) is 0 Å². The van der Waals surface area contributed by atoms with Crippen LogP contribution in [0.1, 0.15) is 41.6 Å². The number of benzene rings is 1. The van der Waals surface area contributed by atoms with Crippen LogP contribution in [0.15, 0.2) is 18.2 Å². The molecule has 1 unspecified atom stereocenters. The molecule has 114 valence electrons. The number of nitrogens with two attached hydrogens (primary N) is 1. The number of anilines is 1. The largest absolute Gasteiger partial charge is 0.398 e.